The molecule has 0 fully saturated rings. The summed E-state index contributed by atoms with van der Waals surface area (Å²) in [5.74, 6) is -1.42. The first-order chi connectivity index (χ1) is 12.3. The summed E-state index contributed by atoms with van der Waals surface area (Å²) in [6.45, 7) is 0.622. The number of amides is 1. The van der Waals surface area contributed by atoms with E-state index in [2.05, 4.69) is 20.2 Å². The lowest BCUT2D eigenvalue weighted by Crippen LogP contribution is -2.26. The van der Waals surface area contributed by atoms with Gasteiger partial charge in [0.05, 0.1) is 35.6 Å². The molecule has 0 saturated carbocycles. The molecule has 2 N–H and O–H groups in total. The average Bonchev–Trinajstić information content (AvgIpc) is 3.20. The fourth-order valence-corrected chi connectivity index (χ4v) is 2.54. The van der Waals surface area contributed by atoms with Crippen molar-refractivity contribution in [1.82, 2.24) is 25.1 Å². The van der Waals surface area contributed by atoms with Gasteiger partial charge in [0.2, 0.25) is 5.82 Å². The third-order valence-electron chi connectivity index (χ3n) is 3.73. The van der Waals surface area contributed by atoms with Crippen molar-refractivity contribution in [3.05, 3.63) is 47.0 Å². The van der Waals surface area contributed by atoms with E-state index in [4.69, 9.17) is 4.74 Å². The molecular weight excluding hydrogens is 351 g/mol. The molecule has 0 unspecified atom stereocenters. The van der Waals surface area contributed by atoms with Crippen LogP contribution in [0.25, 0.3) is 11.0 Å². The van der Waals surface area contributed by atoms with Gasteiger partial charge >= 0.3 is 6.18 Å². The molecule has 1 aromatic carbocycles. The number of aromatic amines is 2. The molecule has 7 nitrogen and oxygen atoms in total. The molecule has 138 valence electrons. The Kier molecular flexibility index (Phi) is 4.68. The number of rotatable bonds is 5. The Hall–Kier alpha value is -2.88. The summed E-state index contributed by atoms with van der Waals surface area (Å²) in [5.41, 5.74) is 1.99. The van der Waals surface area contributed by atoms with Gasteiger partial charge in [0, 0.05) is 19.7 Å². The highest BCUT2D eigenvalue weighted by atomic mass is 19.4. The number of hydrogen-bond acceptors (Lipinski definition) is 4. The fourth-order valence-electron chi connectivity index (χ4n) is 2.54. The zero-order valence-electron chi connectivity index (χ0n) is 14.0. The summed E-state index contributed by atoms with van der Waals surface area (Å²) in [5, 5.41) is 6.86. The minimum absolute atomic E-state index is 0.148. The zero-order valence-corrected chi connectivity index (χ0v) is 14.0. The van der Waals surface area contributed by atoms with Crippen LogP contribution in [0.3, 0.4) is 0 Å². The van der Waals surface area contributed by atoms with Crippen molar-refractivity contribution in [3.8, 4) is 0 Å². The van der Waals surface area contributed by atoms with Crippen LogP contribution in [0.2, 0.25) is 0 Å². The first-order valence-corrected chi connectivity index (χ1v) is 7.62. The van der Waals surface area contributed by atoms with Gasteiger partial charge in [-0.15, -0.1) is 0 Å². The Morgan fingerprint density at radius 2 is 2.08 bits per heavy atom. The van der Waals surface area contributed by atoms with Crippen LogP contribution >= 0.6 is 0 Å². The van der Waals surface area contributed by atoms with Gasteiger partial charge < -0.3 is 14.6 Å². The van der Waals surface area contributed by atoms with Crippen LogP contribution in [-0.4, -0.2) is 45.1 Å². The fraction of sp³-hybridized carbons (Fsp3) is 0.312. The highest BCUT2D eigenvalue weighted by Crippen LogP contribution is 2.28. The molecule has 3 rings (SSSR count). The molecule has 3 aromatic rings. The second kappa shape index (κ2) is 6.79. The molecule has 0 bridgehead atoms. The topological polar surface area (TPSA) is 86.9 Å². The van der Waals surface area contributed by atoms with Crippen LogP contribution in [0.15, 0.2) is 24.3 Å². The third kappa shape index (κ3) is 3.69. The normalized spacial score (nSPS) is 11.9. The summed E-state index contributed by atoms with van der Waals surface area (Å²) in [6.07, 6.45) is -4.57. The molecule has 0 atom stereocenters. The zero-order chi connectivity index (χ0) is 18.9. The van der Waals surface area contributed by atoms with E-state index in [1.54, 1.807) is 20.2 Å². The number of nitrogens with one attached hydrogen (secondary N) is 2. The van der Waals surface area contributed by atoms with Crippen molar-refractivity contribution in [2.75, 3.05) is 14.2 Å². The molecule has 0 aliphatic heterocycles. The average molecular weight is 367 g/mol. The van der Waals surface area contributed by atoms with Crippen molar-refractivity contribution in [2.24, 2.45) is 0 Å². The second-order valence-corrected chi connectivity index (χ2v) is 5.79. The Morgan fingerprint density at radius 3 is 2.77 bits per heavy atom. The van der Waals surface area contributed by atoms with Gasteiger partial charge in [-0.1, -0.05) is 0 Å². The number of H-pyrrole nitrogens is 2. The summed E-state index contributed by atoms with van der Waals surface area (Å²) in [4.78, 5) is 19.7. The van der Waals surface area contributed by atoms with E-state index in [9.17, 15) is 18.0 Å². The Balaban J connectivity index is 1.77. The number of carbonyl (C=O) groups excluding carboxylic acids is 1. The molecule has 10 heteroatoms. The van der Waals surface area contributed by atoms with Crippen molar-refractivity contribution in [3.63, 3.8) is 0 Å². The lowest BCUT2D eigenvalue weighted by molar-refractivity contribution is -0.144. The van der Waals surface area contributed by atoms with E-state index in [-0.39, 0.29) is 29.0 Å². The van der Waals surface area contributed by atoms with E-state index >= 15 is 0 Å². The number of aromatic nitrogens is 4. The van der Waals surface area contributed by atoms with Gasteiger partial charge in [-0.05, 0) is 24.3 Å². The maximum atomic E-state index is 12.7. The maximum Gasteiger partial charge on any atom is 0.449 e. The second-order valence-electron chi connectivity index (χ2n) is 5.79. The molecular formula is C16H16F3N5O2. The molecule has 2 aromatic heterocycles. The number of carbonyl (C=O) groups is 1. The largest absolute Gasteiger partial charge is 0.449 e. The van der Waals surface area contributed by atoms with Crippen molar-refractivity contribution in [1.29, 1.82) is 0 Å². The molecule has 2 heterocycles. The number of halogens is 3. The molecule has 1 amide bonds. The number of nitrogens with zero attached hydrogens (tertiary/aromatic N) is 3. The lowest BCUT2D eigenvalue weighted by atomic mass is 10.1. The standard InChI is InChI=1S/C16H16F3N5O2/c1-24(7-10-6-11(8-26-2)23-22-10)14(25)9-3-4-12-13(5-9)21-15(20-12)16(17,18)19/h3-6H,7-8H2,1-2H3,(H,20,21)(H,22,23). The summed E-state index contributed by atoms with van der Waals surface area (Å²) >= 11 is 0. The predicted octanol–water partition coefficient (Wildman–Crippen LogP) is 2.72. The van der Waals surface area contributed by atoms with E-state index < -0.39 is 12.0 Å². The molecule has 0 radical (unpaired) electrons. The van der Waals surface area contributed by atoms with Gasteiger partial charge in [0.25, 0.3) is 5.91 Å². The minimum atomic E-state index is -4.57. The number of imidazole rings is 1. The van der Waals surface area contributed by atoms with Crippen LogP contribution in [0.1, 0.15) is 27.6 Å². The van der Waals surface area contributed by atoms with Gasteiger partial charge in [-0.2, -0.15) is 18.3 Å². The number of alkyl halides is 3. The van der Waals surface area contributed by atoms with E-state index in [0.29, 0.717) is 12.3 Å². The number of methoxy groups -OCH3 is 1. The van der Waals surface area contributed by atoms with Crippen LogP contribution in [0, 0.1) is 0 Å². The Labute approximate surface area is 146 Å². The molecule has 0 aliphatic carbocycles. The molecule has 0 saturated heterocycles. The highest BCUT2D eigenvalue weighted by molar-refractivity contribution is 5.97. The first-order valence-electron chi connectivity index (χ1n) is 7.62. The van der Waals surface area contributed by atoms with E-state index in [1.807, 2.05) is 0 Å². The minimum Gasteiger partial charge on any atom is -0.378 e. The van der Waals surface area contributed by atoms with Gasteiger partial charge in [-0.3, -0.25) is 9.89 Å². The monoisotopic (exact) mass is 367 g/mol. The Morgan fingerprint density at radius 1 is 1.31 bits per heavy atom. The number of ether oxygens (including phenoxy) is 1. The van der Waals surface area contributed by atoms with Crippen LogP contribution in [0.4, 0.5) is 13.2 Å². The van der Waals surface area contributed by atoms with Gasteiger partial charge in [0.1, 0.15) is 0 Å². The summed E-state index contributed by atoms with van der Waals surface area (Å²) in [7, 11) is 3.15. The summed E-state index contributed by atoms with van der Waals surface area (Å²) < 4.78 is 43.2. The maximum absolute atomic E-state index is 12.7. The molecule has 0 spiro atoms. The number of hydrogen-bond donors (Lipinski definition) is 2. The van der Waals surface area contributed by atoms with Crippen LogP contribution in [0.5, 0.6) is 0 Å². The van der Waals surface area contributed by atoms with Crippen molar-refractivity contribution < 1.29 is 22.7 Å². The molecule has 0 aliphatic rings. The quantitative estimate of drug-likeness (QED) is 0.726. The number of fused-ring (bicyclic) bond motifs is 1. The Bertz CT molecular complexity index is 932. The van der Waals surface area contributed by atoms with Crippen molar-refractivity contribution >= 4 is 16.9 Å². The predicted molar refractivity (Wildman–Crippen MR) is 86.2 cm³/mol. The third-order valence-corrected chi connectivity index (χ3v) is 3.73. The SMILES string of the molecule is COCc1cc(CN(C)C(=O)c2ccc3nc(C(F)(F)F)[nH]c3c2)[nH]n1. The number of benzene rings is 1. The summed E-state index contributed by atoms with van der Waals surface area (Å²) in [6, 6.07) is 5.97. The van der Waals surface area contributed by atoms with Crippen LogP contribution in [-0.2, 0) is 24.1 Å². The highest BCUT2D eigenvalue weighted by Gasteiger charge is 2.34. The van der Waals surface area contributed by atoms with E-state index in [0.717, 1.165) is 5.69 Å². The van der Waals surface area contributed by atoms with E-state index in [1.165, 1.54) is 23.1 Å². The van der Waals surface area contributed by atoms with Crippen molar-refractivity contribution in [2.45, 2.75) is 19.3 Å². The lowest BCUT2D eigenvalue weighted by Gasteiger charge is -2.16. The van der Waals surface area contributed by atoms with Gasteiger partial charge in [0.15, 0.2) is 0 Å². The first kappa shape index (κ1) is 17.9. The molecule has 26 heavy (non-hydrogen) atoms. The smallest absolute Gasteiger partial charge is 0.378 e. The van der Waals surface area contributed by atoms with Crippen LogP contribution < -0.4 is 0 Å². The van der Waals surface area contributed by atoms with Gasteiger partial charge in [-0.25, -0.2) is 4.98 Å².